The number of alkyl halides is 1. The number of sulfone groups is 1. The van der Waals surface area contributed by atoms with E-state index in [9.17, 15) is 17.6 Å². The third-order valence-corrected chi connectivity index (χ3v) is 7.58. The number of carbonyl (C=O) groups excluding carboxylic acids is 1. The van der Waals surface area contributed by atoms with Crippen molar-refractivity contribution in [3.63, 3.8) is 0 Å². The van der Waals surface area contributed by atoms with Gasteiger partial charge in [0.05, 0.1) is 30.2 Å². The summed E-state index contributed by atoms with van der Waals surface area (Å²) in [5, 5.41) is 9.11. The lowest BCUT2D eigenvalue weighted by Crippen LogP contribution is -2.59. The van der Waals surface area contributed by atoms with E-state index in [2.05, 4.69) is 0 Å². The number of nitrogens with zero attached hydrogens (tertiary/aromatic N) is 2. The number of nitrogens with two attached hydrogens (primary N) is 1. The van der Waals surface area contributed by atoms with Crippen LogP contribution in [0.2, 0.25) is 0 Å². The van der Waals surface area contributed by atoms with Gasteiger partial charge in [0.25, 0.3) is 0 Å². The maximum Gasteiger partial charge on any atom is 0.242 e. The molecule has 0 saturated carbocycles. The van der Waals surface area contributed by atoms with E-state index >= 15 is 0 Å². The molecule has 1 aliphatic rings. The van der Waals surface area contributed by atoms with Crippen LogP contribution in [0.5, 0.6) is 5.75 Å². The molecule has 0 aliphatic carbocycles. The number of methoxy groups -OCH3 is 1. The van der Waals surface area contributed by atoms with Crippen LogP contribution < -0.4 is 10.5 Å². The molecule has 27 heavy (non-hydrogen) atoms. The average molecular weight is 397 g/mol. The molecule has 2 N–H and O–H groups in total. The molecule has 3 atom stereocenters. The number of halogens is 1. The van der Waals surface area contributed by atoms with Crippen molar-refractivity contribution >= 4 is 15.7 Å². The highest BCUT2D eigenvalue weighted by molar-refractivity contribution is 7.92. The van der Waals surface area contributed by atoms with Gasteiger partial charge in [-0.2, -0.15) is 5.26 Å². The molecule has 0 aromatic heterocycles. The molecule has 1 heterocycles. The van der Waals surface area contributed by atoms with E-state index in [-0.39, 0.29) is 18.7 Å². The first-order valence-electron chi connectivity index (χ1n) is 8.48. The minimum atomic E-state index is -3.83. The van der Waals surface area contributed by atoms with Gasteiger partial charge in [0, 0.05) is 6.42 Å². The Morgan fingerprint density at radius 3 is 2.56 bits per heavy atom. The Kier molecular flexibility index (Phi) is 6.12. The molecule has 9 heteroatoms. The number of rotatable bonds is 6. The van der Waals surface area contributed by atoms with Crippen molar-refractivity contribution in [3.05, 3.63) is 29.8 Å². The lowest BCUT2D eigenvalue weighted by Gasteiger charge is -2.33. The monoisotopic (exact) mass is 397 g/mol. The molecule has 1 saturated heterocycles. The molecule has 1 aromatic carbocycles. The molecule has 1 amide bonds. The zero-order chi connectivity index (χ0) is 20.4. The highest BCUT2D eigenvalue weighted by atomic mass is 32.2. The predicted octanol–water partition coefficient (Wildman–Crippen LogP) is 1.18. The first-order chi connectivity index (χ1) is 12.5. The number of likely N-dealkylation sites (tertiary alicyclic amines) is 1. The van der Waals surface area contributed by atoms with Gasteiger partial charge in [0.1, 0.15) is 24.0 Å². The molecule has 2 unspecified atom stereocenters. The van der Waals surface area contributed by atoms with E-state index in [0.717, 1.165) is 4.90 Å². The third kappa shape index (κ3) is 4.22. The topological polar surface area (TPSA) is 113 Å². The predicted molar refractivity (Wildman–Crippen MR) is 98.3 cm³/mol. The highest BCUT2D eigenvalue weighted by Gasteiger charge is 2.47. The number of ether oxygens (including phenoxy) is 1. The standard InChI is InChI=1S/C18H24FN3O4S/c1-18(2,16(21)17(23)22-10-13(19)8-14(22)9-20)27(24,25)11-12-4-6-15(26-3)7-5-12/h4-7,13-14,16H,8,10-11,21H2,1-3H3/t13?,14?,16-/m0/s1. The summed E-state index contributed by atoms with van der Waals surface area (Å²) < 4.78 is 42.9. The molecular weight excluding hydrogens is 373 g/mol. The van der Waals surface area contributed by atoms with Crippen LogP contribution in [-0.2, 0) is 20.4 Å². The quantitative estimate of drug-likeness (QED) is 0.771. The third-order valence-electron chi connectivity index (χ3n) is 5.01. The summed E-state index contributed by atoms with van der Waals surface area (Å²) in [5.41, 5.74) is 6.53. The van der Waals surface area contributed by atoms with Crippen molar-refractivity contribution in [1.29, 1.82) is 5.26 Å². The highest BCUT2D eigenvalue weighted by Crippen LogP contribution is 2.28. The number of hydrogen-bond acceptors (Lipinski definition) is 6. The van der Waals surface area contributed by atoms with Gasteiger partial charge in [0.15, 0.2) is 9.84 Å². The number of benzene rings is 1. The largest absolute Gasteiger partial charge is 0.497 e. The molecule has 1 fully saturated rings. The van der Waals surface area contributed by atoms with Gasteiger partial charge in [-0.25, -0.2) is 12.8 Å². The molecule has 1 aromatic rings. The van der Waals surface area contributed by atoms with Crippen molar-refractivity contribution < 1.29 is 22.3 Å². The Hall–Kier alpha value is -2.18. The van der Waals surface area contributed by atoms with Crippen LogP contribution in [0.3, 0.4) is 0 Å². The van der Waals surface area contributed by atoms with E-state index in [0.29, 0.717) is 11.3 Å². The second-order valence-electron chi connectivity index (χ2n) is 7.16. The fraction of sp³-hybridized carbons (Fsp3) is 0.556. The van der Waals surface area contributed by atoms with E-state index < -0.39 is 38.7 Å². The smallest absolute Gasteiger partial charge is 0.242 e. The van der Waals surface area contributed by atoms with Crippen LogP contribution in [-0.4, -0.2) is 55.9 Å². The SMILES string of the molecule is COc1ccc(CS(=O)(=O)C(C)(C)[C@@H](N)C(=O)N2CC(F)CC2C#N)cc1. The van der Waals surface area contributed by atoms with Crippen LogP contribution in [0.25, 0.3) is 0 Å². The molecule has 0 radical (unpaired) electrons. The second kappa shape index (κ2) is 7.82. The first kappa shape index (κ1) is 21.1. The minimum absolute atomic E-state index is 0.0893. The number of nitriles is 1. The number of hydrogen-bond donors (Lipinski definition) is 1. The summed E-state index contributed by atoms with van der Waals surface area (Å²) in [5.74, 6) is -0.442. The van der Waals surface area contributed by atoms with Gasteiger partial charge in [-0.05, 0) is 31.5 Å². The molecule has 2 rings (SSSR count). The Balaban J connectivity index is 2.21. The van der Waals surface area contributed by atoms with E-state index in [1.165, 1.54) is 21.0 Å². The van der Waals surface area contributed by atoms with Crippen LogP contribution in [0.4, 0.5) is 4.39 Å². The van der Waals surface area contributed by atoms with Gasteiger partial charge in [0.2, 0.25) is 5.91 Å². The van der Waals surface area contributed by atoms with Gasteiger partial charge in [-0.3, -0.25) is 4.79 Å². The van der Waals surface area contributed by atoms with Crippen molar-refractivity contribution in [2.24, 2.45) is 5.73 Å². The number of carbonyl (C=O) groups is 1. The Morgan fingerprint density at radius 1 is 1.44 bits per heavy atom. The summed E-state index contributed by atoms with van der Waals surface area (Å²) in [6.07, 6.45) is -1.40. The van der Waals surface area contributed by atoms with Gasteiger partial charge >= 0.3 is 0 Å². The summed E-state index contributed by atoms with van der Waals surface area (Å²) in [6, 6.07) is 6.06. The van der Waals surface area contributed by atoms with Crippen molar-refractivity contribution in [2.75, 3.05) is 13.7 Å². The van der Waals surface area contributed by atoms with Crippen molar-refractivity contribution in [3.8, 4) is 11.8 Å². The van der Waals surface area contributed by atoms with Crippen LogP contribution >= 0.6 is 0 Å². The molecule has 1 aliphatic heterocycles. The molecule has 0 bridgehead atoms. The van der Waals surface area contributed by atoms with E-state index in [4.69, 9.17) is 15.7 Å². The fourth-order valence-corrected chi connectivity index (χ4v) is 4.44. The lowest BCUT2D eigenvalue weighted by molar-refractivity contribution is -0.133. The minimum Gasteiger partial charge on any atom is -0.497 e. The van der Waals surface area contributed by atoms with Crippen LogP contribution in [0, 0.1) is 11.3 Å². The number of amides is 1. The maximum atomic E-state index is 13.6. The molecule has 0 spiro atoms. The summed E-state index contributed by atoms with van der Waals surface area (Å²) in [4.78, 5) is 13.7. The lowest BCUT2D eigenvalue weighted by atomic mass is 10.0. The Morgan fingerprint density at radius 2 is 2.04 bits per heavy atom. The van der Waals surface area contributed by atoms with Crippen LogP contribution in [0.1, 0.15) is 25.8 Å². The van der Waals surface area contributed by atoms with Gasteiger partial charge in [-0.1, -0.05) is 12.1 Å². The molecule has 148 valence electrons. The maximum absolute atomic E-state index is 13.6. The summed E-state index contributed by atoms with van der Waals surface area (Å²) >= 11 is 0. The first-order valence-corrected chi connectivity index (χ1v) is 10.1. The normalized spacial score (nSPS) is 21.6. The molecular formula is C18H24FN3O4S. The Bertz CT molecular complexity index is 833. The fourth-order valence-electron chi connectivity index (χ4n) is 2.95. The van der Waals surface area contributed by atoms with Crippen LogP contribution in [0.15, 0.2) is 24.3 Å². The van der Waals surface area contributed by atoms with Crippen molar-refractivity contribution in [2.45, 2.75) is 49.0 Å². The Labute approximate surface area is 158 Å². The van der Waals surface area contributed by atoms with Gasteiger partial charge in [-0.15, -0.1) is 0 Å². The van der Waals surface area contributed by atoms with E-state index in [1.807, 2.05) is 6.07 Å². The summed E-state index contributed by atoms with van der Waals surface area (Å²) in [6.45, 7) is 2.50. The van der Waals surface area contributed by atoms with Crippen molar-refractivity contribution in [1.82, 2.24) is 4.90 Å². The summed E-state index contributed by atoms with van der Waals surface area (Å²) in [7, 11) is -2.33. The second-order valence-corrected chi connectivity index (χ2v) is 9.73. The molecule has 7 nitrogen and oxygen atoms in total. The van der Waals surface area contributed by atoms with E-state index in [1.54, 1.807) is 24.3 Å². The van der Waals surface area contributed by atoms with Gasteiger partial charge < -0.3 is 15.4 Å². The zero-order valence-electron chi connectivity index (χ0n) is 15.6. The zero-order valence-corrected chi connectivity index (χ0v) is 16.4. The average Bonchev–Trinajstić information content (AvgIpc) is 3.01.